The maximum atomic E-state index is 13.4. The molecular formula is C63H119NO10. The van der Waals surface area contributed by atoms with Crippen LogP contribution < -0.4 is 5.32 Å². The van der Waals surface area contributed by atoms with Gasteiger partial charge in [0.1, 0.15) is 24.4 Å². The summed E-state index contributed by atoms with van der Waals surface area (Å²) >= 11 is 0. The highest BCUT2D eigenvalue weighted by molar-refractivity contribution is 5.80. The van der Waals surface area contributed by atoms with Crippen molar-refractivity contribution < 1.29 is 49.3 Å². The van der Waals surface area contributed by atoms with Crippen LogP contribution in [0.15, 0.2) is 24.3 Å². The monoisotopic (exact) mass is 1050 g/mol. The van der Waals surface area contributed by atoms with E-state index in [2.05, 4.69) is 38.2 Å². The fourth-order valence-corrected chi connectivity index (χ4v) is 10.1. The highest BCUT2D eigenvalue weighted by Crippen LogP contribution is 2.26. The van der Waals surface area contributed by atoms with Crippen LogP contribution in [0.2, 0.25) is 0 Å². The summed E-state index contributed by atoms with van der Waals surface area (Å²) in [4.78, 5) is 26.5. The van der Waals surface area contributed by atoms with Gasteiger partial charge < -0.3 is 45.1 Å². The molecule has 1 aliphatic rings. The van der Waals surface area contributed by atoms with E-state index in [-0.39, 0.29) is 13.0 Å². The van der Waals surface area contributed by atoms with Gasteiger partial charge in [-0.3, -0.25) is 9.59 Å². The van der Waals surface area contributed by atoms with Crippen molar-refractivity contribution in [1.29, 1.82) is 0 Å². The Bertz CT molecular complexity index is 1300. The van der Waals surface area contributed by atoms with Gasteiger partial charge in [-0.05, 0) is 51.4 Å². The number of carbonyl (C=O) groups excluding carboxylic acids is 2. The number of carbonyl (C=O) groups is 2. The van der Waals surface area contributed by atoms with Crippen molar-refractivity contribution in [2.75, 3.05) is 13.2 Å². The zero-order valence-corrected chi connectivity index (χ0v) is 48.2. The molecule has 1 fully saturated rings. The lowest BCUT2D eigenvalue weighted by Crippen LogP contribution is -2.61. The Morgan fingerprint density at radius 2 is 0.892 bits per heavy atom. The summed E-state index contributed by atoms with van der Waals surface area (Å²) in [5, 5.41) is 57.0. The van der Waals surface area contributed by atoms with E-state index in [4.69, 9.17) is 14.2 Å². The Morgan fingerprint density at radius 1 is 0.514 bits per heavy atom. The first-order valence-electron chi connectivity index (χ1n) is 31.6. The third-order valence-corrected chi connectivity index (χ3v) is 15.1. The van der Waals surface area contributed by atoms with Crippen molar-refractivity contribution in [3.63, 3.8) is 0 Å². The molecule has 1 amide bonds. The van der Waals surface area contributed by atoms with Crippen LogP contribution in [0.25, 0.3) is 0 Å². The van der Waals surface area contributed by atoms with Crippen LogP contribution in [0.1, 0.15) is 303 Å². The van der Waals surface area contributed by atoms with Gasteiger partial charge in [0.15, 0.2) is 12.4 Å². The lowest BCUT2D eigenvalue weighted by atomic mass is 9.99. The fraction of sp³-hybridized carbons (Fsp3) is 0.905. The number of amides is 1. The van der Waals surface area contributed by atoms with Crippen LogP contribution in [0.3, 0.4) is 0 Å². The van der Waals surface area contributed by atoms with Crippen LogP contribution in [-0.2, 0) is 23.8 Å². The Morgan fingerprint density at radius 3 is 1.31 bits per heavy atom. The average molecular weight is 1050 g/mol. The number of nitrogens with one attached hydrogen (secondary N) is 1. The first kappa shape index (κ1) is 70.2. The third-order valence-electron chi connectivity index (χ3n) is 15.1. The number of ether oxygens (including phenoxy) is 3. The van der Waals surface area contributed by atoms with E-state index in [0.29, 0.717) is 19.3 Å². The van der Waals surface area contributed by atoms with E-state index >= 15 is 0 Å². The molecule has 74 heavy (non-hydrogen) atoms. The molecule has 0 spiro atoms. The minimum atomic E-state index is -1.61. The topological polar surface area (TPSA) is 175 Å². The molecule has 0 aliphatic carbocycles. The van der Waals surface area contributed by atoms with E-state index in [1.54, 1.807) is 6.08 Å². The maximum Gasteiger partial charge on any atom is 0.306 e. The van der Waals surface area contributed by atoms with Gasteiger partial charge >= 0.3 is 5.97 Å². The summed E-state index contributed by atoms with van der Waals surface area (Å²) in [5.74, 6) is -1.18. The van der Waals surface area contributed by atoms with Gasteiger partial charge in [-0.15, -0.1) is 0 Å². The number of esters is 1. The predicted molar refractivity (Wildman–Crippen MR) is 306 cm³/mol. The van der Waals surface area contributed by atoms with Crippen molar-refractivity contribution in [1.82, 2.24) is 5.32 Å². The summed E-state index contributed by atoms with van der Waals surface area (Å²) in [5.41, 5.74) is 0. The van der Waals surface area contributed by atoms with Crippen molar-refractivity contribution in [2.24, 2.45) is 0 Å². The van der Waals surface area contributed by atoms with E-state index < -0.39 is 67.4 Å². The van der Waals surface area contributed by atoms with Gasteiger partial charge in [0.2, 0.25) is 5.91 Å². The van der Waals surface area contributed by atoms with Gasteiger partial charge in [-0.25, -0.2) is 0 Å². The second-order valence-electron chi connectivity index (χ2n) is 22.1. The van der Waals surface area contributed by atoms with Gasteiger partial charge in [0.25, 0.3) is 0 Å². The lowest BCUT2D eigenvalue weighted by molar-refractivity contribution is -0.305. The molecule has 0 radical (unpaired) electrons. The summed E-state index contributed by atoms with van der Waals surface area (Å²) in [6.45, 7) is 5.81. The molecule has 11 heteroatoms. The number of allylic oxidation sites excluding steroid dienone is 3. The molecule has 1 rings (SSSR count). The van der Waals surface area contributed by atoms with Crippen molar-refractivity contribution >= 4 is 11.9 Å². The number of aliphatic hydroxyl groups is 5. The van der Waals surface area contributed by atoms with Gasteiger partial charge in [0.05, 0.1) is 25.4 Å². The van der Waals surface area contributed by atoms with E-state index in [1.807, 2.05) is 6.08 Å². The number of unbranched alkanes of at least 4 members (excludes halogenated alkanes) is 38. The van der Waals surface area contributed by atoms with E-state index in [9.17, 15) is 35.1 Å². The van der Waals surface area contributed by atoms with Gasteiger partial charge in [-0.1, -0.05) is 270 Å². The van der Waals surface area contributed by atoms with Crippen molar-refractivity contribution in [2.45, 2.75) is 352 Å². The smallest absolute Gasteiger partial charge is 0.306 e. The standard InChI is InChI=1S/C63H119NO10/c1-4-7-10-13-16-19-22-25-27-28-29-31-32-35-38-41-44-47-50-56(67)62(71)64-54(55(66)49-46-43-40-37-34-24-21-18-15-12-9-6-3)53-72-63-61(60(70)59(69)57(52-65)73-63)74-58(68)51-48-45-42-39-36-33-30-26-23-20-17-14-11-8-5-2/h25,27,46,49,54-57,59-61,63,65-67,69-70H,4-24,26,28-45,47-48,50-53H2,1-3H3,(H,64,71)/b27-25+,49-46+. The minimum absolute atomic E-state index is 0.129. The number of hydrogen-bond donors (Lipinski definition) is 6. The molecule has 0 bridgehead atoms. The Balaban J connectivity index is 2.67. The highest BCUT2D eigenvalue weighted by Gasteiger charge is 2.47. The SMILES string of the molecule is CCCCCCCC/C=C/CCCCCCCCCCC(O)C(=O)NC(COC1OC(CO)C(O)C(O)C1OC(=O)CCCCCCCCCCCCCCCCC)C(O)/C=C/CCCCCCCCCCCC. The molecule has 1 heterocycles. The molecule has 436 valence electrons. The molecule has 6 N–H and O–H groups in total. The van der Waals surface area contributed by atoms with E-state index in [0.717, 1.165) is 64.2 Å². The first-order valence-corrected chi connectivity index (χ1v) is 31.6. The largest absolute Gasteiger partial charge is 0.454 e. The second kappa shape index (κ2) is 51.9. The van der Waals surface area contributed by atoms with Gasteiger partial charge in [-0.2, -0.15) is 0 Å². The number of aliphatic hydroxyl groups excluding tert-OH is 5. The molecule has 8 unspecified atom stereocenters. The molecule has 0 aromatic heterocycles. The highest BCUT2D eigenvalue weighted by atomic mass is 16.7. The molecule has 1 aliphatic heterocycles. The van der Waals surface area contributed by atoms with Crippen molar-refractivity contribution in [3.05, 3.63) is 24.3 Å². The summed E-state index contributed by atoms with van der Waals surface area (Å²) in [7, 11) is 0. The molecular weight excluding hydrogens is 931 g/mol. The lowest BCUT2D eigenvalue weighted by Gasteiger charge is -2.41. The van der Waals surface area contributed by atoms with E-state index in [1.165, 1.54) is 193 Å². The van der Waals surface area contributed by atoms with Crippen LogP contribution in [0.4, 0.5) is 0 Å². The fourth-order valence-electron chi connectivity index (χ4n) is 10.1. The molecule has 1 saturated heterocycles. The van der Waals surface area contributed by atoms with Crippen LogP contribution in [0.5, 0.6) is 0 Å². The summed E-state index contributed by atoms with van der Waals surface area (Å²) in [6.07, 6.45) is 49.3. The molecule has 0 aromatic carbocycles. The third kappa shape index (κ3) is 39.5. The first-order chi connectivity index (χ1) is 36.2. The molecule has 8 atom stereocenters. The van der Waals surface area contributed by atoms with Crippen LogP contribution >= 0.6 is 0 Å². The summed E-state index contributed by atoms with van der Waals surface area (Å²) < 4.78 is 17.6. The quantitative estimate of drug-likeness (QED) is 0.0195. The van der Waals surface area contributed by atoms with Crippen LogP contribution in [-0.4, -0.2) is 99.6 Å². The van der Waals surface area contributed by atoms with Crippen molar-refractivity contribution in [3.8, 4) is 0 Å². The number of hydrogen-bond acceptors (Lipinski definition) is 10. The predicted octanol–water partition coefficient (Wildman–Crippen LogP) is 14.9. The molecule has 11 nitrogen and oxygen atoms in total. The normalized spacial score (nSPS) is 19.4. The summed E-state index contributed by atoms with van der Waals surface area (Å²) in [6, 6.07) is -1.02. The second-order valence-corrected chi connectivity index (χ2v) is 22.1. The zero-order chi connectivity index (χ0) is 54.0. The zero-order valence-electron chi connectivity index (χ0n) is 48.2. The Kier molecular flexibility index (Phi) is 49.2. The Hall–Kier alpha value is -1.86. The minimum Gasteiger partial charge on any atom is -0.454 e. The van der Waals surface area contributed by atoms with Crippen LogP contribution in [0, 0.1) is 0 Å². The molecule has 0 aromatic rings. The Labute approximate surface area is 454 Å². The average Bonchev–Trinajstić information content (AvgIpc) is 3.40. The maximum absolute atomic E-state index is 13.4. The molecule has 0 saturated carbocycles. The number of rotatable bonds is 54. The van der Waals surface area contributed by atoms with Gasteiger partial charge in [0, 0.05) is 6.42 Å².